The van der Waals surface area contributed by atoms with Crippen LogP contribution in [-0.2, 0) is 8.85 Å². The van der Waals surface area contributed by atoms with Gasteiger partial charge in [0.25, 0.3) is 0 Å². The molecule has 2 saturated heterocycles. The first-order valence-electron chi connectivity index (χ1n) is 12.7. The minimum absolute atomic E-state index is 0.116. The summed E-state index contributed by atoms with van der Waals surface area (Å²) in [5.41, 5.74) is 0.510. The van der Waals surface area contributed by atoms with Gasteiger partial charge < -0.3 is 19.5 Å². The molecule has 30 heavy (non-hydrogen) atoms. The molecule has 0 bridgehead atoms. The highest BCUT2D eigenvalue weighted by atomic mass is 28.3. The van der Waals surface area contributed by atoms with Gasteiger partial charge in [-0.15, -0.1) is 0 Å². The van der Waals surface area contributed by atoms with Crippen LogP contribution in [0.3, 0.4) is 0 Å². The van der Waals surface area contributed by atoms with E-state index >= 15 is 0 Å². The molecule has 0 aromatic rings. The first kappa shape index (κ1) is 26.3. The SMILES string of the molecule is CCC1(C)CC(O[SiH](C)OC2CC(C)(CC)NC(C)(CC)C2C)C(C)C(C)(CC)N1. The summed E-state index contributed by atoms with van der Waals surface area (Å²) >= 11 is 0. The Morgan fingerprint density at radius 2 is 1.03 bits per heavy atom. The van der Waals surface area contributed by atoms with Crippen molar-refractivity contribution in [3.8, 4) is 0 Å². The topological polar surface area (TPSA) is 42.5 Å². The molecule has 8 atom stereocenters. The van der Waals surface area contributed by atoms with Crippen LogP contribution in [0.4, 0.5) is 0 Å². The molecule has 2 N–H and O–H groups in total. The third kappa shape index (κ3) is 5.33. The van der Waals surface area contributed by atoms with Crippen molar-refractivity contribution < 1.29 is 8.85 Å². The maximum Gasteiger partial charge on any atom is 0.318 e. The molecular weight excluding hydrogens is 388 g/mol. The van der Waals surface area contributed by atoms with E-state index in [9.17, 15) is 0 Å². The standard InChI is InChI=1S/C25H52N2O2Si/c1-12-22(7)16-20(18(5)24(9,14-3)26-22)28-30(11)29-21-17-23(8,13-2)27-25(10,15-4)19(21)6/h18-21,26-27,30H,12-17H2,1-11H3. The van der Waals surface area contributed by atoms with Gasteiger partial charge in [0.05, 0.1) is 12.2 Å². The molecule has 0 radical (unpaired) electrons. The highest BCUT2D eigenvalue weighted by Gasteiger charge is 2.49. The van der Waals surface area contributed by atoms with Gasteiger partial charge in [0, 0.05) is 22.2 Å². The largest absolute Gasteiger partial charge is 0.393 e. The van der Waals surface area contributed by atoms with E-state index in [0.717, 1.165) is 38.5 Å². The summed E-state index contributed by atoms with van der Waals surface area (Å²) in [5, 5.41) is 7.94. The van der Waals surface area contributed by atoms with Crippen LogP contribution in [0.1, 0.15) is 108 Å². The number of hydrogen-bond acceptors (Lipinski definition) is 4. The van der Waals surface area contributed by atoms with Crippen molar-refractivity contribution >= 4 is 9.28 Å². The third-order valence-corrected chi connectivity index (χ3v) is 10.8. The van der Waals surface area contributed by atoms with Crippen molar-refractivity contribution in [2.24, 2.45) is 11.8 Å². The van der Waals surface area contributed by atoms with Crippen molar-refractivity contribution in [3.63, 3.8) is 0 Å². The fraction of sp³-hybridized carbons (Fsp3) is 1.00. The van der Waals surface area contributed by atoms with Gasteiger partial charge in [-0.3, -0.25) is 0 Å². The lowest BCUT2D eigenvalue weighted by Gasteiger charge is -2.55. The minimum atomic E-state index is -1.76. The zero-order valence-electron chi connectivity index (χ0n) is 21.9. The van der Waals surface area contributed by atoms with Crippen molar-refractivity contribution in [3.05, 3.63) is 0 Å². The highest BCUT2D eigenvalue weighted by Crippen LogP contribution is 2.41. The average molecular weight is 441 g/mol. The molecule has 2 heterocycles. The summed E-state index contributed by atoms with van der Waals surface area (Å²) in [7, 11) is -1.76. The molecular formula is C25H52N2O2Si. The third-order valence-electron chi connectivity index (χ3n) is 9.37. The van der Waals surface area contributed by atoms with Gasteiger partial charge >= 0.3 is 9.28 Å². The molecule has 8 unspecified atom stereocenters. The van der Waals surface area contributed by atoms with Crippen LogP contribution in [0.2, 0.25) is 6.55 Å². The Bertz CT molecular complexity index is 529. The molecule has 0 amide bonds. The van der Waals surface area contributed by atoms with E-state index in [4.69, 9.17) is 8.85 Å². The van der Waals surface area contributed by atoms with Crippen LogP contribution >= 0.6 is 0 Å². The second-order valence-electron chi connectivity index (χ2n) is 11.5. The molecule has 2 rings (SSSR count). The molecule has 178 valence electrons. The van der Waals surface area contributed by atoms with E-state index in [1.165, 1.54) is 0 Å². The second-order valence-corrected chi connectivity index (χ2v) is 13.2. The predicted octanol–water partition coefficient (Wildman–Crippen LogP) is 5.54. The van der Waals surface area contributed by atoms with Crippen LogP contribution in [0.15, 0.2) is 0 Å². The summed E-state index contributed by atoms with van der Waals surface area (Å²) in [6.45, 7) is 25.7. The smallest absolute Gasteiger partial charge is 0.318 e. The maximum absolute atomic E-state index is 6.81. The van der Waals surface area contributed by atoms with Crippen molar-refractivity contribution in [2.45, 2.75) is 149 Å². The summed E-state index contributed by atoms with van der Waals surface area (Å²) in [5.74, 6) is 0.959. The van der Waals surface area contributed by atoms with Crippen molar-refractivity contribution in [1.82, 2.24) is 10.6 Å². The molecule has 2 fully saturated rings. The Morgan fingerprint density at radius 3 is 1.30 bits per heavy atom. The van der Waals surface area contributed by atoms with E-state index in [2.05, 4.69) is 86.4 Å². The Balaban J connectivity index is 2.13. The monoisotopic (exact) mass is 440 g/mol. The first-order valence-corrected chi connectivity index (χ1v) is 14.8. The van der Waals surface area contributed by atoms with E-state index in [0.29, 0.717) is 11.8 Å². The zero-order chi connectivity index (χ0) is 23.0. The first-order chi connectivity index (χ1) is 13.8. The molecule has 2 aliphatic heterocycles. The van der Waals surface area contributed by atoms with Crippen LogP contribution < -0.4 is 10.6 Å². The van der Waals surface area contributed by atoms with Gasteiger partial charge in [-0.1, -0.05) is 41.5 Å². The fourth-order valence-electron chi connectivity index (χ4n) is 5.91. The molecule has 0 aliphatic carbocycles. The zero-order valence-corrected chi connectivity index (χ0v) is 23.1. The molecule has 0 aromatic heterocycles. The summed E-state index contributed by atoms with van der Waals surface area (Å²) in [6.07, 6.45) is 7.18. The Hall–Kier alpha value is 0.0569. The number of piperidine rings is 2. The number of nitrogens with one attached hydrogen (secondary N) is 2. The number of rotatable bonds is 8. The Morgan fingerprint density at radius 1 is 0.700 bits per heavy atom. The van der Waals surface area contributed by atoms with Gasteiger partial charge in [-0.25, -0.2) is 0 Å². The van der Waals surface area contributed by atoms with Crippen LogP contribution in [0.25, 0.3) is 0 Å². The van der Waals surface area contributed by atoms with E-state index in [1.54, 1.807) is 0 Å². The molecule has 4 nitrogen and oxygen atoms in total. The summed E-state index contributed by atoms with van der Waals surface area (Å²) in [4.78, 5) is 0. The van der Waals surface area contributed by atoms with Crippen LogP contribution in [0.5, 0.6) is 0 Å². The lowest BCUT2D eigenvalue weighted by molar-refractivity contribution is -0.0545. The summed E-state index contributed by atoms with van der Waals surface area (Å²) in [6, 6.07) is 0. The van der Waals surface area contributed by atoms with E-state index in [-0.39, 0.29) is 34.4 Å². The van der Waals surface area contributed by atoms with Crippen molar-refractivity contribution in [1.29, 1.82) is 0 Å². The normalized spacial score (nSPS) is 48.5. The maximum atomic E-state index is 6.81. The summed E-state index contributed by atoms with van der Waals surface area (Å²) < 4.78 is 13.6. The van der Waals surface area contributed by atoms with E-state index in [1.807, 2.05) is 0 Å². The molecule has 5 heteroatoms. The van der Waals surface area contributed by atoms with Crippen molar-refractivity contribution in [2.75, 3.05) is 0 Å². The van der Waals surface area contributed by atoms with E-state index < -0.39 is 9.28 Å². The molecule has 0 spiro atoms. The van der Waals surface area contributed by atoms with Gasteiger partial charge in [-0.05, 0) is 84.6 Å². The Labute approximate surface area is 189 Å². The fourth-order valence-corrected chi connectivity index (χ4v) is 7.63. The molecule has 2 aliphatic rings. The highest BCUT2D eigenvalue weighted by molar-refractivity contribution is 6.42. The Kier molecular flexibility index (Phi) is 8.34. The minimum Gasteiger partial charge on any atom is -0.393 e. The number of hydrogen-bond donors (Lipinski definition) is 2. The molecule has 0 aromatic carbocycles. The predicted molar refractivity (Wildman–Crippen MR) is 131 cm³/mol. The average Bonchev–Trinajstić information content (AvgIpc) is 2.69. The van der Waals surface area contributed by atoms with Gasteiger partial charge in [0.2, 0.25) is 0 Å². The van der Waals surface area contributed by atoms with Gasteiger partial charge in [0.15, 0.2) is 0 Å². The lowest BCUT2D eigenvalue weighted by Crippen LogP contribution is -2.67. The molecule has 0 saturated carbocycles. The van der Waals surface area contributed by atoms with Crippen LogP contribution in [-0.4, -0.2) is 43.6 Å². The van der Waals surface area contributed by atoms with Crippen LogP contribution in [0, 0.1) is 11.8 Å². The second kappa shape index (κ2) is 9.50. The van der Waals surface area contributed by atoms with Gasteiger partial charge in [0.1, 0.15) is 0 Å². The quantitative estimate of drug-likeness (QED) is 0.486. The lowest BCUT2D eigenvalue weighted by atomic mass is 9.70. The van der Waals surface area contributed by atoms with Gasteiger partial charge in [-0.2, -0.15) is 0 Å².